The third-order valence-electron chi connectivity index (χ3n) is 4.14. The van der Waals surface area contributed by atoms with Gasteiger partial charge in [-0.3, -0.25) is 14.4 Å². The van der Waals surface area contributed by atoms with Gasteiger partial charge in [0.2, 0.25) is 5.91 Å². The van der Waals surface area contributed by atoms with Crippen LogP contribution in [0.5, 0.6) is 0 Å². The standard InChI is InChI=1S/C19H24INO5/c1-19(2,3)26-18(25)8-7-16(22)21-10-9-12-13(5-4-6-14(12)20)15(21)11-17(23)24/h4-6,15H,7-11H2,1-3H3,(H,23,24). The van der Waals surface area contributed by atoms with Crippen molar-refractivity contribution in [2.75, 3.05) is 6.54 Å². The molecule has 1 aromatic carbocycles. The fraction of sp³-hybridized carbons (Fsp3) is 0.526. The van der Waals surface area contributed by atoms with Crippen molar-refractivity contribution in [3.8, 4) is 0 Å². The molecule has 26 heavy (non-hydrogen) atoms. The summed E-state index contributed by atoms with van der Waals surface area (Å²) >= 11 is 2.24. The van der Waals surface area contributed by atoms with Gasteiger partial charge >= 0.3 is 11.9 Å². The van der Waals surface area contributed by atoms with E-state index in [0.29, 0.717) is 13.0 Å². The summed E-state index contributed by atoms with van der Waals surface area (Å²) in [5, 5.41) is 9.29. The first-order valence-corrected chi connectivity index (χ1v) is 9.67. The number of halogens is 1. The predicted octanol–water partition coefficient (Wildman–Crippen LogP) is 3.31. The number of amides is 1. The fourth-order valence-corrected chi connectivity index (χ4v) is 3.93. The molecule has 7 heteroatoms. The maximum atomic E-state index is 12.7. The lowest BCUT2D eigenvalue weighted by molar-refractivity contribution is -0.157. The van der Waals surface area contributed by atoms with Crippen LogP contribution >= 0.6 is 22.6 Å². The van der Waals surface area contributed by atoms with Crippen LogP contribution < -0.4 is 0 Å². The van der Waals surface area contributed by atoms with E-state index in [0.717, 1.165) is 14.7 Å². The summed E-state index contributed by atoms with van der Waals surface area (Å²) in [4.78, 5) is 37.5. The summed E-state index contributed by atoms with van der Waals surface area (Å²) in [7, 11) is 0. The number of carbonyl (C=O) groups is 3. The molecule has 1 aromatic rings. The molecule has 6 nitrogen and oxygen atoms in total. The average Bonchev–Trinajstić information content (AvgIpc) is 2.51. The summed E-state index contributed by atoms with van der Waals surface area (Å²) < 4.78 is 6.31. The maximum absolute atomic E-state index is 12.7. The molecule has 1 atom stereocenters. The van der Waals surface area contributed by atoms with Gasteiger partial charge in [0.15, 0.2) is 0 Å². The van der Waals surface area contributed by atoms with E-state index in [1.54, 1.807) is 25.7 Å². The Bertz CT molecular complexity index is 710. The van der Waals surface area contributed by atoms with E-state index in [1.165, 1.54) is 0 Å². The van der Waals surface area contributed by atoms with Gasteiger partial charge in [0, 0.05) is 16.5 Å². The highest BCUT2D eigenvalue weighted by molar-refractivity contribution is 14.1. The van der Waals surface area contributed by atoms with E-state index in [1.807, 2.05) is 18.2 Å². The van der Waals surface area contributed by atoms with Crippen molar-refractivity contribution in [2.24, 2.45) is 0 Å². The Morgan fingerprint density at radius 1 is 1.27 bits per heavy atom. The molecule has 1 unspecified atom stereocenters. The Morgan fingerprint density at radius 3 is 2.58 bits per heavy atom. The highest BCUT2D eigenvalue weighted by Gasteiger charge is 2.33. The number of rotatable bonds is 5. The molecule has 0 radical (unpaired) electrons. The van der Waals surface area contributed by atoms with Crippen LogP contribution in [0.4, 0.5) is 0 Å². The predicted molar refractivity (Wildman–Crippen MR) is 105 cm³/mol. The molecule has 0 bridgehead atoms. The molecule has 142 valence electrons. The number of ether oxygens (including phenoxy) is 1. The Morgan fingerprint density at radius 2 is 1.96 bits per heavy atom. The van der Waals surface area contributed by atoms with E-state index >= 15 is 0 Å². The van der Waals surface area contributed by atoms with Crippen molar-refractivity contribution in [1.82, 2.24) is 4.90 Å². The molecule has 1 aliphatic rings. The molecule has 1 aliphatic heterocycles. The molecule has 1 amide bonds. The molecule has 0 saturated heterocycles. The largest absolute Gasteiger partial charge is 0.481 e. The Labute approximate surface area is 167 Å². The minimum atomic E-state index is -0.952. The van der Waals surface area contributed by atoms with Crippen LogP contribution in [-0.2, 0) is 25.5 Å². The average molecular weight is 473 g/mol. The Hall–Kier alpha value is -1.64. The monoisotopic (exact) mass is 473 g/mol. The van der Waals surface area contributed by atoms with Gasteiger partial charge in [0.1, 0.15) is 5.60 Å². The van der Waals surface area contributed by atoms with Crippen LogP contribution in [0.15, 0.2) is 18.2 Å². The number of nitrogens with zero attached hydrogens (tertiary/aromatic N) is 1. The van der Waals surface area contributed by atoms with E-state index in [2.05, 4.69) is 22.6 Å². The van der Waals surface area contributed by atoms with Gasteiger partial charge in [-0.25, -0.2) is 0 Å². The zero-order valence-corrected chi connectivity index (χ0v) is 17.4. The first kappa shape index (κ1) is 20.7. The van der Waals surface area contributed by atoms with Crippen molar-refractivity contribution in [1.29, 1.82) is 0 Å². The summed E-state index contributed by atoms with van der Waals surface area (Å²) in [6.07, 6.45) is 0.546. The Balaban J connectivity index is 2.13. The lowest BCUT2D eigenvalue weighted by Crippen LogP contribution is -2.41. The first-order valence-electron chi connectivity index (χ1n) is 8.59. The number of esters is 1. The summed E-state index contributed by atoms with van der Waals surface area (Å²) in [6.45, 7) is 5.79. The van der Waals surface area contributed by atoms with Crippen molar-refractivity contribution < 1.29 is 24.2 Å². The first-order chi connectivity index (χ1) is 12.1. The number of benzene rings is 1. The van der Waals surface area contributed by atoms with Gasteiger partial charge in [0.05, 0.1) is 18.9 Å². The van der Waals surface area contributed by atoms with Crippen LogP contribution in [0.1, 0.15) is 57.2 Å². The zero-order chi connectivity index (χ0) is 19.5. The molecule has 0 spiro atoms. The second-order valence-corrected chi connectivity index (χ2v) is 8.51. The SMILES string of the molecule is CC(C)(C)OC(=O)CCC(=O)N1CCc2c(I)cccc2C1CC(=O)O. The number of fused-ring (bicyclic) bond motifs is 1. The third-order valence-corrected chi connectivity index (χ3v) is 5.16. The molecule has 0 aromatic heterocycles. The van der Waals surface area contributed by atoms with E-state index in [9.17, 15) is 19.5 Å². The Kier molecular flexibility index (Phi) is 6.65. The number of hydrogen-bond acceptors (Lipinski definition) is 4. The van der Waals surface area contributed by atoms with Gasteiger partial charge in [-0.05, 0) is 67.0 Å². The van der Waals surface area contributed by atoms with Crippen molar-refractivity contribution in [2.45, 2.75) is 58.1 Å². The second kappa shape index (κ2) is 8.37. The number of hydrogen-bond donors (Lipinski definition) is 1. The quantitative estimate of drug-likeness (QED) is 0.524. The number of carboxylic acids is 1. The highest BCUT2D eigenvalue weighted by Crippen LogP contribution is 2.35. The lowest BCUT2D eigenvalue weighted by Gasteiger charge is -2.37. The topological polar surface area (TPSA) is 83.9 Å². The fourth-order valence-electron chi connectivity index (χ4n) is 3.14. The van der Waals surface area contributed by atoms with Crippen LogP contribution in [0.2, 0.25) is 0 Å². The van der Waals surface area contributed by atoms with Crippen LogP contribution in [0.3, 0.4) is 0 Å². The summed E-state index contributed by atoms with van der Waals surface area (Å²) in [5.41, 5.74) is 1.40. The van der Waals surface area contributed by atoms with E-state index in [-0.39, 0.29) is 25.2 Å². The molecule has 1 heterocycles. The van der Waals surface area contributed by atoms with Gasteiger partial charge in [-0.15, -0.1) is 0 Å². The normalized spacial score (nSPS) is 16.8. The molecule has 2 rings (SSSR count). The van der Waals surface area contributed by atoms with Gasteiger partial charge in [0.25, 0.3) is 0 Å². The minimum Gasteiger partial charge on any atom is -0.481 e. The molecule has 0 aliphatic carbocycles. The lowest BCUT2D eigenvalue weighted by atomic mass is 9.90. The van der Waals surface area contributed by atoms with Crippen LogP contribution in [0, 0.1) is 3.57 Å². The number of carboxylic acid groups (broad SMARTS) is 1. The van der Waals surface area contributed by atoms with Gasteiger partial charge < -0.3 is 14.7 Å². The smallest absolute Gasteiger partial charge is 0.306 e. The molecular weight excluding hydrogens is 449 g/mol. The number of aliphatic carboxylic acids is 1. The van der Waals surface area contributed by atoms with Crippen molar-refractivity contribution in [3.05, 3.63) is 32.9 Å². The van der Waals surface area contributed by atoms with Gasteiger partial charge in [-0.1, -0.05) is 12.1 Å². The van der Waals surface area contributed by atoms with Gasteiger partial charge in [-0.2, -0.15) is 0 Å². The summed E-state index contributed by atoms with van der Waals surface area (Å²) in [5.74, 6) is -1.59. The molecule has 0 saturated carbocycles. The molecular formula is C19H24INO5. The van der Waals surface area contributed by atoms with Crippen molar-refractivity contribution in [3.63, 3.8) is 0 Å². The van der Waals surface area contributed by atoms with E-state index in [4.69, 9.17) is 4.74 Å². The van der Waals surface area contributed by atoms with E-state index < -0.39 is 23.6 Å². The highest BCUT2D eigenvalue weighted by atomic mass is 127. The minimum absolute atomic E-state index is 0.00836. The number of carbonyl (C=O) groups excluding carboxylic acids is 2. The molecule has 0 fully saturated rings. The third kappa shape index (κ3) is 5.43. The van der Waals surface area contributed by atoms with Crippen LogP contribution in [0.25, 0.3) is 0 Å². The summed E-state index contributed by atoms with van der Waals surface area (Å²) in [6, 6.07) is 5.25. The second-order valence-electron chi connectivity index (χ2n) is 7.34. The maximum Gasteiger partial charge on any atom is 0.306 e. The molecule has 1 N–H and O–H groups in total. The van der Waals surface area contributed by atoms with Crippen molar-refractivity contribution >= 4 is 40.4 Å². The van der Waals surface area contributed by atoms with Crippen LogP contribution in [-0.4, -0.2) is 40.0 Å². The zero-order valence-electron chi connectivity index (χ0n) is 15.3.